The number of hydrogen-bond acceptors (Lipinski definition) is 5. The number of benzene rings is 2. The second kappa shape index (κ2) is 6.57. The van der Waals surface area contributed by atoms with Crippen LogP contribution < -0.4 is 10.3 Å². The van der Waals surface area contributed by atoms with Crippen molar-refractivity contribution >= 4 is 16.6 Å². The molecule has 7 heteroatoms. The van der Waals surface area contributed by atoms with Crippen molar-refractivity contribution in [2.24, 2.45) is 5.18 Å². The number of hydrogen-bond donors (Lipinski definition) is 0. The lowest BCUT2D eigenvalue weighted by Gasteiger charge is -2.08. The van der Waals surface area contributed by atoms with Crippen LogP contribution in [0.2, 0.25) is 0 Å². The number of ether oxygens (including phenoxy) is 1. The molecule has 0 atom stereocenters. The molecular weight excluding hydrogens is 313 g/mol. The van der Waals surface area contributed by atoms with Gasteiger partial charge in [-0.05, 0) is 41.4 Å². The van der Waals surface area contributed by atoms with E-state index in [0.29, 0.717) is 35.2 Å². The summed E-state index contributed by atoms with van der Waals surface area (Å²) in [5, 5.41) is 3.21. The first-order valence-corrected chi connectivity index (χ1v) is 7.27. The van der Waals surface area contributed by atoms with Crippen LogP contribution in [0.4, 0.5) is 10.1 Å². The molecular formula is C17H14FN3O3. The molecule has 0 radical (unpaired) electrons. The van der Waals surface area contributed by atoms with Crippen LogP contribution in [0.1, 0.15) is 5.56 Å². The van der Waals surface area contributed by atoms with E-state index < -0.39 is 0 Å². The molecule has 0 unspecified atom stereocenters. The van der Waals surface area contributed by atoms with Gasteiger partial charge in [0.1, 0.15) is 17.3 Å². The van der Waals surface area contributed by atoms with Gasteiger partial charge in [-0.15, -0.1) is 4.91 Å². The van der Waals surface area contributed by atoms with Gasteiger partial charge in [0.25, 0.3) is 5.56 Å². The van der Waals surface area contributed by atoms with Crippen LogP contribution in [0.25, 0.3) is 10.9 Å². The molecule has 2 aromatic carbocycles. The minimum absolute atomic E-state index is 0.215. The Balaban J connectivity index is 1.87. The van der Waals surface area contributed by atoms with E-state index in [-0.39, 0.29) is 17.1 Å². The Bertz CT molecular complexity index is 969. The smallest absolute Gasteiger partial charge is 0.261 e. The van der Waals surface area contributed by atoms with E-state index in [1.54, 1.807) is 12.1 Å². The third kappa shape index (κ3) is 3.01. The second-order valence-corrected chi connectivity index (χ2v) is 5.24. The highest BCUT2D eigenvalue weighted by molar-refractivity contribution is 5.80. The topological polar surface area (TPSA) is 73.5 Å². The molecule has 0 aliphatic carbocycles. The molecule has 0 N–H and O–H groups in total. The maximum Gasteiger partial charge on any atom is 0.261 e. The molecule has 0 saturated carbocycles. The highest BCUT2D eigenvalue weighted by atomic mass is 19.1. The molecule has 0 aliphatic heterocycles. The molecule has 0 fully saturated rings. The number of rotatable bonds is 5. The lowest BCUT2D eigenvalue weighted by molar-refractivity contribution is 0.410. The predicted octanol–water partition coefficient (Wildman–Crippen LogP) is 3.18. The Labute approximate surface area is 136 Å². The van der Waals surface area contributed by atoms with E-state index in [2.05, 4.69) is 10.2 Å². The Morgan fingerprint density at radius 1 is 1.25 bits per heavy atom. The Kier molecular flexibility index (Phi) is 4.33. The Morgan fingerprint density at radius 2 is 2.08 bits per heavy atom. The molecule has 1 aromatic heterocycles. The highest BCUT2D eigenvalue weighted by Gasteiger charge is 2.08. The average Bonchev–Trinajstić information content (AvgIpc) is 2.61. The van der Waals surface area contributed by atoms with E-state index in [9.17, 15) is 14.1 Å². The van der Waals surface area contributed by atoms with E-state index in [0.717, 1.165) is 0 Å². The maximum absolute atomic E-state index is 14.0. The molecule has 0 spiro atoms. The fraction of sp³-hybridized carbons (Fsp3) is 0.176. The number of halogens is 1. The number of aromatic nitrogens is 2. The largest absolute Gasteiger partial charge is 0.497 e. The van der Waals surface area contributed by atoms with Crippen LogP contribution in [0.5, 0.6) is 5.75 Å². The van der Waals surface area contributed by atoms with Gasteiger partial charge in [-0.1, -0.05) is 6.07 Å². The van der Waals surface area contributed by atoms with E-state index in [1.165, 1.54) is 42.3 Å². The Hall–Kier alpha value is -3.09. The predicted molar refractivity (Wildman–Crippen MR) is 88.1 cm³/mol. The normalized spacial score (nSPS) is 10.8. The first-order chi connectivity index (χ1) is 11.6. The number of nitroso groups, excluding NO2 is 1. The van der Waals surface area contributed by atoms with Gasteiger partial charge in [-0.3, -0.25) is 9.36 Å². The standard InChI is InChI=1S/C17H14FN3O3/c1-24-13-4-2-11(15(18)9-13)6-7-21-10-19-16-8-12(20-23)3-5-14(16)17(21)22/h2-5,8-10H,6-7H2,1H3. The summed E-state index contributed by atoms with van der Waals surface area (Å²) in [5.74, 6) is 0.0678. The number of methoxy groups -OCH3 is 1. The summed E-state index contributed by atoms with van der Waals surface area (Å²) in [6.45, 7) is 0.290. The molecule has 3 aromatic rings. The van der Waals surface area contributed by atoms with Crippen molar-refractivity contribution in [2.75, 3.05) is 7.11 Å². The molecule has 0 saturated heterocycles. The summed E-state index contributed by atoms with van der Waals surface area (Å²) in [5.41, 5.74) is 0.867. The van der Waals surface area contributed by atoms with Crippen LogP contribution >= 0.6 is 0 Å². The van der Waals surface area contributed by atoms with Crippen molar-refractivity contribution in [3.05, 3.63) is 69.4 Å². The lowest BCUT2D eigenvalue weighted by atomic mass is 10.1. The van der Waals surface area contributed by atoms with Crippen molar-refractivity contribution in [3.63, 3.8) is 0 Å². The zero-order valence-electron chi connectivity index (χ0n) is 12.9. The highest BCUT2D eigenvalue weighted by Crippen LogP contribution is 2.18. The van der Waals surface area contributed by atoms with Gasteiger partial charge in [-0.25, -0.2) is 9.37 Å². The minimum Gasteiger partial charge on any atom is -0.497 e. The fourth-order valence-corrected chi connectivity index (χ4v) is 2.46. The monoisotopic (exact) mass is 327 g/mol. The van der Waals surface area contributed by atoms with Gasteiger partial charge in [0.2, 0.25) is 0 Å². The van der Waals surface area contributed by atoms with Crippen LogP contribution in [0.15, 0.2) is 52.7 Å². The van der Waals surface area contributed by atoms with Crippen molar-refractivity contribution < 1.29 is 9.13 Å². The van der Waals surface area contributed by atoms with Crippen LogP contribution in [-0.2, 0) is 13.0 Å². The first-order valence-electron chi connectivity index (χ1n) is 7.27. The molecule has 1 heterocycles. The summed E-state index contributed by atoms with van der Waals surface area (Å²) in [6.07, 6.45) is 1.73. The number of nitrogens with zero attached hydrogens (tertiary/aromatic N) is 3. The number of aryl methyl sites for hydroxylation is 2. The van der Waals surface area contributed by atoms with E-state index >= 15 is 0 Å². The molecule has 6 nitrogen and oxygen atoms in total. The van der Waals surface area contributed by atoms with Crippen molar-refractivity contribution in [3.8, 4) is 5.75 Å². The molecule has 0 aliphatic rings. The quantitative estimate of drug-likeness (QED) is 0.675. The van der Waals surface area contributed by atoms with Gasteiger partial charge >= 0.3 is 0 Å². The zero-order chi connectivity index (χ0) is 17.1. The zero-order valence-corrected chi connectivity index (χ0v) is 12.9. The second-order valence-electron chi connectivity index (χ2n) is 5.24. The van der Waals surface area contributed by atoms with E-state index in [1.807, 2.05) is 0 Å². The molecule has 0 amide bonds. The minimum atomic E-state index is -0.377. The van der Waals surface area contributed by atoms with Crippen LogP contribution in [0.3, 0.4) is 0 Å². The summed E-state index contributed by atoms with van der Waals surface area (Å²) < 4.78 is 20.3. The fourth-order valence-electron chi connectivity index (χ4n) is 2.46. The first kappa shape index (κ1) is 15.8. The van der Waals surface area contributed by atoms with Gasteiger partial charge < -0.3 is 4.74 Å². The molecule has 24 heavy (non-hydrogen) atoms. The summed E-state index contributed by atoms with van der Waals surface area (Å²) >= 11 is 0. The Morgan fingerprint density at radius 3 is 2.79 bits per heavy atom. The molecule has 3 rings (SSSR count). The van der Waals surface area contributed by atoms with Crippen molar-refractivity contribution in [2.45, 2.75) is 13.0 Å². The summed E-state index contributed by atoms with van der Waals surface area (Å²) in [6, 6.07) is 9.06. The third-order valence-corrected chi connectivity index (χ3v) is 3.80. The average molecular weight is 327 g/mol. The SMILES string of the molecule is COc1ccc(CCn2cnc3cc(N=O)ccc3c2=O)c(F)c1. The number of fused-ring (bicyclic) bond motifs is 1. The van der Waals surface area contributed by atoms with Crippen LogP contribution in [-0.4, -0.2) is 16.7 Å². The van der Waals surface area contributed by atoms with Gasteiger partial charge in [0.15, 0.2) is 0 Å². The summed E-state index contributed by atoms with van der Waals surface area (Å²) in [4.78, 5) is 27.1. The van der Waals surface area contributed by atoms with E-state index in [4.69, 9.17) is 4.74 Å². The van der Waals surface area contributed by atoms with Crippen molar-refractivity contribution in [1.82, 2.24) is 9.55 Å². The maximum atomic E-state index is 14.0. The lowest BCUT2D eigenvalue weighted by Crippen LogP contribution is -2.21. The third-order valence-electron chi connectivity index (χ3n) is 3.80. The van der Waals surface area contributed by atoms with Gasteiger partial charge in [0.05, 0.1) is 24.3 Å². The van der Waals surface area contributed by atoms with Crippen molar-refractivity contribution in [1.29, 1.82) is 0 Å². The summed E-state index contributed by atoms with van der Waals surface area (Å²) in [7, 11) is 1.47. The molecule has 122 valence electrons. The van der Waals surface area contributed by atoms with Gasteiger partial charge in [0, 0.05) is 12.6 Å². The van der Waals surface area contributed by atoms with Crippen LogP contribution in [0, 0.1) is 10.7 Å². The molecule has 0 bridgehead atoms. The van der Waals surface area contributed by atoms with Gasteiger partial charge in [-0.2, -0.15) is 0 Å².